The monoisotopic (exact) mass is 460 g/mol. The van der Waals surface area contributed by atoms with Gasteiger partial charge in [0.25, 0.3) is 0 Å². The van der Waals surface area contributed by atoms with Crippen molar-refractivity contribution in [2.24, 2.45) is 4.99 Å². The first kappa shape index (κ1) is 22.2. The van der Waals surface area contributed by atoms with Gasteiger partial charge in [0.1, 0.15) is 0 Å². The number of rotatable bonds is 8. The number of hydrogen-bond acceptors (Lipinski definition) is 3. The largest absolute Gasteiger partial charge is 0.379 e. The fourth-order valence-electron chi connectivity index (χ4n) is 2.77. The zero-order valence-corrected chi connectivity index (χ0v) is 17.9. The second kappa shape index (κ2) is 13.4. The van der Waals surface area contributed by atoms with Gasteiger partial charge in [-0.1, -0.05) is 44.0 Å². The molecule has 1 aromatic rings. The Kier molecular flexibility index (Phi) is 11.9. The summed E-state index contributed by atoms with van der Waals surface area (Å²) in [6.45, 7) is 8.77. The molecule has 2 rings (SSSR count). The van der Waals surface area contributed by atoms with E-state index in [0.717, 1.165) is 51.9 Å². The van der Waals surface area contributed by atoms with Gasteiger partial charge in [-0.25, -0.2) is 0 Å². The van der Waals surface area contributed by atoms with Crippen LogP contribution in [0.3, 0.4) is 0 Å². The molecular weight excluding hydrogens is 427 g/mol. The number of ether oxygens (including phenoxy) is 1. The predicted molar refractivity (Wildman–Crippen MR) is 116 cm³/mol. The number of nitrogens with zero attached hydrogens (tertiary/aromatic N) is 2. The van der Waals surface area contributed by atoms with Crippen LogP contribution in [-0.2, 0) is 17.8 Å². The Morgan fingerprint density at radius 1 is 1.08 bits per heavy atom. The van der Waals surface area contributed by atoms with E-state index in [1.165, 1.54) is 30.4 Å². The third kappa shape index (κ3) is 8.87. The minimum atomic E-state index is 0. The van der Waals surface area contributed by atoms with E-state index in [1.54, 1.807) is 0 Å². The van der Waals surface area contributed by atoms with Crippen molar-refractivity contribution in [2.45, 2.75) is 39.3 Å². The van der Waals surface area contributed by atoms with Crippen molar-refractivity contribution in [1.82, 2.24) is 15.5 Å². The van der Waals surface area contributed by atoms with Gasteiger partial charge in [0.2, 0.25) is 0 Å². The van der Waals surface area contributed by atoms with Gasteiger partial charge in [-0.3, -0.25) is 9.89 Å². The first-order valence-electron chi connectivity index (χ1n) is 9.14. The molecule has 1 heterocycles. The highest BCUT2D eigenvalue weighted by Gasteiger charge is 2.10. The van der Waals surface area contributed by atoms with Gasteiger partial charge in [0.05, 0.1) is 13.2 Å². The van der Waals surface area contributed by atoms with Crippen molar-refractivity contribution in [2.75, 3.05) is 39.9 Å². The number of aliphatic imine (C=N–C) groups is 1. The number of hydrogen-bond donors (Lipinski definition) is 2. The highest BCUT2D eigenvalue weighted by molar-refractivity contribution is 14.0. The number of guanidine groups is 1. The molecule has 0 unspecified atom stereocenters. The molecule has 1 aromatic carbocycles. The fourth-order valence-corrected chi connectivity index (χ4v) is 2.77. The van der Waals surface area contributed by atoms with E-state index in [2.05, 4.69) is 51.7 Å². The van der Waals surface area contributed by atoms with Crippen molar-refractivity contribution >= 4 is 29.9 Å². The molecule has 0 atom stereocenters. The quantitative estimate of drug-likeness (QED) is 0.271. The Bertz CT molecular complexity index is 487. The third-order valence-corrected chi connectivity index (χ3v) is 4.29. The molecule has 5 nitrogen and oxygen atoms in total. The van der Waals surface area contributed by atoms with Crippen molar-refractivity contribution < 1.29 is 4.74 Å². The van der Waals surface area contributed by atoms with Gasteiger partial charge in [-0.15, -0.1) is 24.0 Å². The fraction of sp³-hybridized carbons (Fsp3) is 0.632. The Labute approximate surface area is 169 Å². The van der Waals surface area contributed by atoms with Crippen molar-refractivity contribution in [1.29, 1.82) is 0 Å². The van der Waals surface area contributed by atoms with Gasteiger partial charge in [-0.05, 0) is 17.5 Å². The van der Waals surface area contributed by atoms with Crippen molar-refractivity contribution in [3.8, 4) is 0 Å². The molecule has 1 saturated heterocycles. The lowest BCUT2D eigenvalue weighted by Crippen LogP contribution is -2.37. The first-order chi connectivity index (χ1) is 11.8. The van der Waals surface area contributed by atoms with E-state index in [-0.39, 0.29) is 24.0 Å². The number of morpholine rings is 1. The van der Waals surface area contributed by atoms with E-state index in [1.807, 2.05) is 7.05 Å². The molecule has 0 aliphatic carbocycles. The molecule has 0 bridgehead atoms. The molecule has 0 radical (unpaired) electrons. The lowest BCUT2D eigenvalue weighted by molar-refractivity contribution is 0.0342. The van der Waals surface area contributed by atoms with Crippen LogP contribution in [0.4, 0.5) is 0 Å². The highest BCUT2D eigenvalue weighted by atomic mass is 127. The maximum atomic E-state index is 5.40. The van der Waals surface area contributed by atoms with Crippen molar-refractivity contribution in [3.63, 3.8) is 0 Å². The Morgan fingerprint density at radius 2 is 1.76 bits per heavy atom. The van der Waals surface area contributed by atoms with Gasteiger partial charge in [-0.2, -0.15) is 0 Å². The van der Waals surface area contributed by atoms with Crippen molar-refractivity contribution in [3.05, 3.63) is 35.4 Å². The van der Waals surface area contributed by atoms with Crippen LogP contribution in [0.5, 0.6) is 0 Å². The summed E-state index contributed by atoms with van der Waals surface area (Å²) < 4.78 is 5.40. The molecule has 1 aliphatic rings. The molecule has 142 valence electrons. The average Bonchev–Trinajstić information content (AvgIpc) is 2.63. The van der Waals surface area contributed by atoms with Crippen LogP contribution < -0.4 is 10.6 Å². The lowest BCUT2D eigenvalue weighted by atomic mass is 10.1. The highest BCUT2D eigenvalue weighted by Crippen LogP contribution is 2.09. The minimum absolute atomic E-state index is 0. The summed E-state index contributed by atoms with van der Waals surface area (Å²) >= 11 is 0. The molecule has 0 spiro atoms. The van der Waals surface area contributed by atoms with E-state index in [9.17, 15) is 0 Å². The summed E-state index contributed by atoms with van der Waals surface area (Å²) in [4.78, 5) is 6.71. The van der Waals surface area contributed by atoms with Crippen LogP contribution in [0.2, 0.25) is 0 Å². The maximum absolute atomic E-state index is 5.40. The normalized spacial score (nSPS) is 15.5. The molecule has 6 heteroatoms. The van der Waals surface area contributed by atoms with E-state index >= 15 is 0 Å². The third-order valence-electron chi connectivity index (χ3n) is 4.29. The summed E-state index contributed by atoms with van der Waals surface area (Å²) in [6.07, 6.45) is 3.69. The molecule has 0 saturated carbocycles. The summed E-state index contributed by atoms with van der Waals surface area (Å²) in [5.74, 6) is 0.878. The van der Waals surface area contributed by atoms with Crippen LogP contribution in [-0.4, -0.2) is 50.8 Å². The van der Waals surface area contributed by atoms with Gasteiger partial charge in [0.15, 0.2) is 5.96 Å². The zero-order valence-electron chi connectivity index (χ0n) is 15.6. The average molecular weight is 460 g/mol. The number of halogens is 1. The number of unbranched alkanes of at least 4 members (excludes halogenated alkanes) is 2. The van der Waals surface area contributed by atoms with Gasteiger partial charge >= 0.3 is 0 Å². The van der Waals surface area contributed by atoms with Crippen LogP contribution in [0.1, 0.15) is 37.3 Å². The number of benzene rings is 1. The topological polar surface area (TPSA) is 48.9 Å². The Morgan fingerprint density at radius 3 is 2.40 bits per heavy atom. The summed E-state index contributed by atoms with van der Waals surface area (Å²) in [6, 6.07) is 8.86. The standard InChI is InChI=1S/C19H32N4O.HI/c1-3-4-5-10-21-19(20-2)22-15-17-6-8-18(9-7-17)16-23-11-13-24-14-12-23;/h6-9H,3-5,10-16H2,1-2H3,(H2,20,21,22);1H. The molecule has 0 amide bonds. The Balaban J connectivity index is 0.00000312. The number of nitrogens with one attached hydrogen (secondary N) is 2. The maximum Gasteiger partial charge on any atom is 0.191 e. The van der Waals surface area contributed by atoms with Crippen LogP contribution in [0.15, 0.2) is 29.3 Å². The van der Waals surface area contributed by atoms with Gasteiger partial charge < -0.3 is 15.4 Å². The molecule has 0 aromatic heterocycles. The van der Waals surface area contributed by atoms with Crippen LogP contribution in [0, 0.1) is 0 Å². The second-order valence-electron chi connectivity index (χ2n) is 6.26. The summed E-state index contributed by atoms with van der Waals surface area (Å²) in [5.41, 5.74) is 2.64. The lowest BCUT2D eigenvalue weighted by Gasteiger charge is -2.26. The molecular formula is C19H33IN4O. The van der Waals surface area contributed by atoms with E-state index in [4.69, 9.17) is 4.74 Å². The zero-order chi connectivity index (χ0) is 17.0. The second-order valence-corrected chi connectivity index (χ2v) is 6.26. The summed E-state index contributed by atoms with van der Waals surface area (Å²) in [7, 11) is 1.82. The minimum Gasteiger partial charge on any atom is -0.379 e. The van der Waals surface area contributed by atoms with Crippen LogP contribution in [0.25, 0.3) is 0 Å². The predicted octanol–water partition coefficient (Wildman–Crippen LogP) is 2.99. The van der Waals surface area contributed by atoms with Gasteiger partial charge in [0, 0.05) is 39.8 Å². The van der Waals surface area contributed by atoms with E-state index in [0.29, 0.717) is 0 Å². The van der Waals surface area contributed by atoms with Crippen LogP contribution >= 0.6 is 24.0 Å². The first-order valence-corrected chi connectivity index (χ1v) is 9.14. The Hall–Kier alpha value is -0.860. The molecule has 25 heavy (non-hydrogen) atoms. The van der Waals surface area contributed by atoms with E-state index < -0.39 is 0 Å². The molecule has 1 fully saturated rings. The SMILES string of the molecule is CCCCCNC(=NC)NCc1ccc(CN2CCOCC2)cc1.I. The molecule has 2 N–H and O–H groups in total. The summed E-state index contributed by atoms with van der Waals surface area (Å²) in [5, 5.41) is 6.74. The molecule has 1 aliphatic heterocycles. The smallest absolute Gasteiger partial charge is 0.191 e.